The molecular weight excluding hydrogens is 482 g/mol. The fourth-order valence-electron chi connectivity index (χ4n) is 2.95. The molecule has 0 aliphatic carbocycles. The number of primary amides is 2. The summed E-state index contributed by atoms with van der Waals surface area (Å²) in [6, 6.07) is -5.68. The second kappa shape index (κ2) is 16.8. The van der Waals surface area contributed by atoms with Crippen LogP contribution in [0.15, 0.2) is 0 Å². The van der Waals surface area contributed by atoms with Gasteiger partial charge in [0, 0.05) is 12.8 Å². The molecule has 0 rings (SSSR count). The van der Waals surface area contributed by atoms with Crippen LogP contribution < -0.4 is 38.9 Å². The number of nitrogens with one attached hydrogen (secondary N) is 3. The molecule has 0 radical (unpaired) electrons. The Morgan fingerprint density at radius 3 is 1.72 bits per heavy atom. The molecule has 13 N–H and O–H groups in total. The van der Waals surface area contributed by atoms with Gasteiger partial charge in [-0.15, -0.1) is 0 Å². The molecule has 0 aromatic rings. The van der Waals surface area contributed by atoms with Crippen LogP contribution in [0.3, 0.4) is 0 Å². The third kappa shape index (κ3) is 13.8. The maximum Gasteiger partial charge on any atom is 0.326 e. The summed E-state index contributed by atoms with van der Waals surface area (Å²) < 4.78 is 0. The van der Waals surface area contributed by atoms with Gasteiger partial charge in [-0.1, -0.05) is 0 Å². The van der Waals surface area contributed by atoms with Crippen molar-refractivity contribution in [2.75, 3.05) is 6.54 Å². The molecular formula is C20H35N7O9. The van der Waals surface area contributed by atoms with Gasteiger partial charge in [-0.3, -0.25) is 28.8 Å². The number of nitrogens with two attached hydrogens (primary N) is 4. The van der Waals surface area contributed by atoms with Crippen LogP contribution in [0.25, 0.3) is 0 Å². The summed E-state index contributed by atoms with van der Waals surface area (Å²) in [6.45, 7) is 0.316. The Bertz CT molecular complexity index is 821. The Morgan fingerprint density at radius 2 is 1.22 bits per heavy atom. The van der Waals surface area contributed by atoms with E-state index in [1.807, 2.05) is 0 Å². The highest BCUT2D eigenvalue weighted by molar-refractivity contribution is 5.96. The van der Waals surface area contributed by atoms with Crippen LogP contribution in [0.4, 0.5) is 0 Å². The summed E-state index contributed by atoms with van der Waals surface area (Å²) in [5.74, 6) is -7.28. The standard InChI is InChI=1S/C20H35N7O9/c21-8-2-1-3-12(20(35)36)26-19(34)13(9-15(24)29)27-18(33)11(5-7-16(30)31)25-17(32)10(22)4-6-14(23)28/h10-13H,1-9,21-22H2,(H2,23,28)(H2,24,29)(H,25,32)(H,26,34)(H,27,33)(H,30,31)(H,35,36). The van der Waals surface area contributed by atoms with E-state index in [-0.39, 0.29) is 19.3 Å². The Kier molecular flexibility index (Phi) is 15.0. The summed E-state index contributed by atoms with van der Waals surface area (Å²) in [7, 11) is 0. The molecule has 0 saturated heterocycles. The van der Waals surface area contributed by atoms with Gasteiger partial charge >= 0.3 is 11.9 Å². The van der Waals surface area contributed by atoms with Gasteiger partial charge in [0.25, 0.3) is 0 Å². The summed E-state index contributed by atoms with van der Waals surface area (Å²) >= 11 is 0. The molecule has 204 valence electrons. The lowest BCUT2D eigenvalue weighted by Gasteiger charge is -2.24. The largest absolute Gasteiger partial charge is 0.481 e. The molecule has 0 aliphatic heterocycles. The van der Waals surface area contributed by atoms with E-state index < -0.39 is 84.9 Å². The first-order valence-corrected chi connectivity index (χ1v) is 11.2. The van der Waals surface area contributed by atoms with Crippen molar-refractivity contribution in [1.82, 2.24) is 16.0 Å². The topological polar surface area (TPSA) is 300 Å². The number of amides is 5. The van der Waals surface area contributed by atoms with Crippen molar-refractivity contribution in [3.05, 3.63) is 0 Å². The van der Waals surface area contributed by atoms with Crippen LogP contribution in [-0.2, 0) is 33.6 Å². The molecule has 0 aromatic carbocycles. The molecule has 16 heteroatoms. The van der Waals surface area contributed by atoms with Crippen molar-refractivity contribution in [3.8, 4) is 0 Å². The lowest BCUT2D eigenvalue weighted by molar-refractivity contribution is -0.142. The zero-order valence-electron chi connectivity index (χ0n) is 19.7. The summed E-state index contributed by atoms with van der Waals surface area (Å²) in [4.78, 5) is 82.6. The number of carboxylic acids is 2. The average molecular weight is 518 g/mol. The summed E-state index contributed by atoms with van der Waals surface area (Å²) in [5.41, 5.74) is 21.2. The molecule has 0 heterocycles. The van der Waals surface area contributed by atoms with E-state index in [9.17, 15) is 38.7 Å². The zero-order chi connectivity index (χ0) is 27.8. The Labute approximate surface area is 206 Å². The first-order valence-electron chi connectivity index (χ1n) is 11.2. The number of carbonyl (C=O) groups is 7. The van der Waals surface area contributed by atoms with Crippen molar-refractivity contribution in [2.24, 2.45) is 22.9 Å². The first kappa shape index (κ1) is 32.2. The fraction of sp³-hybridized carbons (Fsp3) is 0.650. The fourth-order valence-corrected chi connectivity index (χ4v) is 2.95. The Morgan fingerprint density at radius 1 is 0.667 bits per heavy atom. The highest BCUT2D eigenvalue weighted by Crippen LogP contribution is 2.05. The SMILES string of the molecule is NCCCCC(NC(=O)C(CC(N)=O)NC(=O)C(CCC(=O)O)NC(=O)C(N)CCC(N)=O)C(=O)O. The van der Waals surface area contributed by atoms with E-state index >= 15 is 0 Å². The van der Waals surface area contributed by atoms with Crippen molar-refractivity contribution in [3.63, 3.8) is 0 Å². The van der Waals surface area contributed by atoms with Crippen molar-refractivity contribution >= 4 is 41.5 Å². The predicted molar refractivity (Wildman–Crippen MR) is 123 cm³/mol. The van der Waals surface area contributed by atoms with Gasteiger partial charge in [0.15, 0.2) is 0 Å². The highest BCUT2D eigenvalue weighted by atomic mass is 16.4. The molecule has 16 nitrogen and oxygen atoms in total. The molecule has 5 amide bonds. The minimum atomic E-state index is -1.61. The second-order valence-corrected chi connectivity index (χ2v) is 8.02. The lowest BCUT2D eigenvalue weighted by atomic mass is 10.1. The van der Waals surface area contributed by atoms with Crippen LogP contribution in [-0.4, -0.2) is 82.4 Å². The molecule has 0 spiro atoms. The van der Waals surface area contributed by atoms with Gasteiger partial charge in [-0.25, -0.2) is 4.79 Å². The molecule has 0 aliphatic rings. The van der Waals surface area contributed by atoms with Crippen molar-refractivity contribution in [1.29, 1.82) is 0 Å². The van der Waals surface area contributed by atoms with E-state index in [1.54, 1.807) is 0 Å². The van der Waals surface area contributed by atoms with E-state index in [4.69, 9.17) is 28.0 Å². The Hall–Kier alpha value is -3.79. The normalized spacial score (nSPS) is 13.9. The first-order chi connectivity index (χ1) is 16.8. The van der Waals surface area contributed by atoms with Gasteiger partial charge in [-0.2, -0.15) is 0 Å². The van der Waals surface area contributed by atoms with Gasteiger partial charge < -0.3 is 49.1 Å². The summed E-state index contributed by atoms with van der Waals surface area (Å²) in [5, 5.41) is 24.9. The summed E-state index contributed by atoms with van der Waals surface area (Å²) in [6.07, 6.45) is -1.08. The molecule has 4 atom stereocenters. The third-order valence-corrected chi connectivity index (χ3v) is 4.92. The van der Waals surface area contributed by atoms with Crippen LogP contribution in [0.1, 0.15) is 51.4 Å². The number of carboxylic acid groups (broad SMARTS) is 2. The lowest BCUT2D eigenvalue weighted by Crippen LogP contribution is -2.57. The number of rotatable bonds is 19. The van der Waals surface area contributed by atoms with Crippen LogP contribution in [0, 0.1) is 0 Å². The van der Waals surface area contributed by atoms with Gasteiger partial charge in [0.05, 0.1) is 12.5 Å². The van der Waals surface area contributed by atoms with E-state index in [1.165, 1.54) is 0 Å². The van der Waals surface area contributed by atoms with E-state index in [0.717, 1.165) is 0 Å². The maximum absolute atomic E-state index is 12.8. The van der Waals surface area contributed by atoms with E-state index in [0.29, 0.717) is 19.4 Å². The average Bonchev–Trinajstić information content (AvgIpc) is 2.78. The number of hydrogen-bond acceptors (Lipinski definition) is 9. The smallest absolute Gasteiger partial charge is 0.326 e. The molecule has 0 fully saturated rings. The minimum absolute atomic E-state index is 0.0377. The highest BCUT2D eigenvalue weighted by Gasteiger charge is 2.31. The predicted octanol–water partition coefficient (Wildman–Crippen LogP) is -4.01. The number of unbranched alkanes of at least 4 members (excludes halogenated alkanes) is 1. The zero-order valence-corrected chi connectivity index (χ0v) is 19.7. The maximum atomic E-state index is 12.8. The van der Waals surface area contributed by atoms with Crippen LogP contribution in [0.2, 0.25) is 0 Å². The van der Waals surface area contributed by atoms with Gasteiger partial charge in [0.2, 0.25) is 29.5 Å². The molecule has 36 heavy (non-hydrogen) atoms. The minimum Gasteiger partial charge on any atom is -0.481 e. The molecule has 0 aromatic heterocycles. The van der Waals surface area contributed by atoms with Crippen molar-refractivity contribution < 1.29 is 43.8 Å². The van der Waals surface area contributed by atoms with Crippen LogP contribution >= 0.6 is 0 Å². The molecule has 0 saturated carbocycles. The second-order valence-electron chi connectivity index (χ2n) is 8.02. The number of hydrogen-bond donors (Lipinski definition) is 9. The molecule has 4 unspecified atom stereocenters. The van der Waals surface area contributed by atoms with Crippen molar-refractivity contribution in [2.45, 2.75) is 75.5 Å². The van der Waals surface area contributed by atoms with E-state index in [2.05, 4.69) is 16.0 Å². The number of aliphatic carboxylic acids is 2. The van der Waals surface area contributed by atoms with Crippen LogP contribution in [0.5, 0.6) is 0 Å². The Balaban J connectivity index is 5.53. The quantitative estimate of drug-likeness (QED) is 0.0743. The monoisotopic (exact) mass is 517 g/mol. The third-order valence-electron chi connectivity index (χ3n) is 4.92. The number of carbonyl (C=O) groups excluding carboxylic acids is 5. The van der Waals surface area contributed by atoms with Gasteiger partial charge in [0.1, 0.15) is 18.1 Å². The molecule has 0 bridgehead atoms. The van der Waals surface area contributed by atoms with Gasteiger partial charge in [-0.05, 0) is 38.6 Å².